The van der Waals surface area contributed by atoms with Crippen LogP contribution in [0.15, 0.2) is 12.1 Å². The van der Waals surface area contributed by atoms with Crippen LogP contribution in [0.5, 0.6) is 0 Å². The SMILES string of the molecule is C[Si](C)(C)NP1(N[Si](C)(C)C)=NS(N=S)=N1. The smallest absolute Gasteiger partial charge is 0.217 e. The maximum Gasteiger partial charge on any atom is 0.217 e. The van der Waals surface area contributed by atoms with E-state index in [1.807, 2.05) is 0 Å². The highest BCUT2D eigenvalue weighted by Gasteiger charge is 2.36. The van der Waals surface area contributed by atoms with Crippen molar-refractivity contribution in [3.05, 3.63) is 0 Å². The molecule has 0 aromatic rings. The van der Waals surface area contributed by atoms with Gasteiger partial charge in [0.15, 0.2) is 11.1 Å². The Labute approximate surface area is 108 Å². The van der Waals surface area contributed by atoms with E-state index in [0.717, 1.165) is 0 Å². The van der Waals surface area contributed by atoms with Crippen LogP contribution in [0.4, 0.5) is 0 Å². The minimum atomic E-state index is -1.86. The highest BCUT2D eigenvalue weighted by molar-refractivity contribution is 8.00. The van der Waals surface area contributed by atoms with Crippen LogP contribution in [0.3, 0.4) is 0 Å². The molecule has 2 N–H and O–H groups in total. The number of rotatable bonds is 5. The van der Waals surface area contributed by atoms with Crippen LogP contribution < -0.4 is 9.51 Å². The molecule has 1 aliphatic heterocycles. The van der Waals surface area contributed by atoms with E-state index in [9.17, 15) is 0 Å². The second-order valence-electron chi connectivity index (χ2n) is 5.81. The van der Waals surface area contributed by atoms with Gasteiger partial charge in [-0.1, -0.05) is 39.3 Å². The van der Waals surface area contributed by atoms with Gasteiger partial charge in [0.25, 0.3) is 0 Å². The van der Waals surface area contributed by atoms with Crippen LogP contribution in [0, 0.1) is 0 Å². The molecular formula is C6H20N5PS2Si2. The van der Waals surface area contributed by atoms with Crippen LogP contribution in [-0.2, 0) is 23.5 Å². The topological polar surface area (TPSA) is 61.1 Å². The molecule has 0 radical (unpaired) electrons. The third kappa shape index (κ3) is 4.55. The van der Waals surface area contributed by atoms with Gasteiger partial charge in [0.2, 0.25) is 7.51 Å². The van der Waals surface area contributed by atoms with Gasteiger partial charge in [-0.2, -0.15) is 8.28 Å². The molecule has 0 fully saturated rings. The van der Waals surface area contributed by atoms with Crippen molar-refractivity contribution in [2.24, 2.45) is 12.1 Å². The van der Waals surface area contributed by atoms with Gasteiger partial charge in [0, 0.05) is 0 Å². The molecule has 1 unspecified atom stereocenters. The molecule has 10 heteroatoms. The lowest BCUT2D eigenvalue weighted by molar-refractivity contribution is 1.26. The van der Waals surface area contributed by atoms with Gasteiger partial charge < -0.3 is 0 Å². The fraction of sp³-hybridized carbons (Fsp3) is 1.00. The van der Waals surface area contributed by atoms with Crippen molar-refractivity contribution < 1.29 is 0 Å². The lowest BCUT2D eigenvalue weighted by Gasteiger charge is -2.36. The Morgan fingerprint density at radius 2 is 1.44 bits per heavy atom. The highest BCUT2D eigenvalue weighted by atomic mass is 32.2. The molecule has 1 rings (SSSR count). The summed E-state index contributed by atoms with van der Waals surface area (Å²) in [7, 11) is -4.67. The lowest BCUT2D eigenvalue weighted by atomic mass is 11.8. The zero-order valence-corrected chi connectivity index (χ0v) is 15.1. The first-order chi connectivity index (χ1) is 7.05. The van der Waals surface area contributed by atoms with Crippen LogP contribution >= 0.6 is 7.51 Å². The molecule has 16 heavy (non-hydrogen) atoms. The Kier molecular flexibility index (Phi) is 4.44. The highest BCUT2D eigenvalue weighted by Crippen LogP contribution is 2.53. The molecular weight excluding hydrogens is 293 g/mol. The molecule has 0 saturated heterocycles. The van der Waals surface area contributed by atoms with Crippen LogP contribution in [0.25, 0.3) is 0 Å². The minimum Gasteiger partial charge on any atom is -0.275 e. The summed E-state index contributed by atoms with van der Waals surface area (Å²) in [5.41, 5.74) is 0. The zero-order chi connectivity index (χ0) is 12.6. The molecule has 1 aliphatic rings. The largest absolute Gasteiger partial charge is 0.275 e. The second kappa shape index (κ2) is 4.79. The van der Waals surface area contributed by atoms with Crippen molar-refractivity contribution in [1.29, 1.82) is 0 Å². The fourth-order valence-corrected chi connectivity index (χ4v) is 14.1. The summed E-state index contributed by atoms with van der Waals surface area (Å²) in [6, 6.07) is 0. The molecule has 1 atom stereocenters. The molecule has 1 heterocycles. The van der Waals surface area contributed by atoms with Gasteiger partial charge >= 0.3 is 0 Å². The van der Waals surface area contributed by atoms with Crippen molar-refractivity contribution in [1.82, 2.24) is 9.51 Å². The minimum absolute atomic E-state index is 0.584. The summed E-state index contributed by atoms with van der Waals surface area (Å²) in [5, 5.41) is 0. The Bertz CT molecular complexity index is 363. The third-order valence-corrected chi connectivity index (χ3v) is 12.9. The van der Waals surface area contributed by atoms with E-state index in [1.165, 1.54) is 0 Å². The van der Waals surface area contributed by atoms with Gasteiger partial charge in [-0.25, -0.2) is 0 Å². The van der Waals surface area contributed by atoms with Crippen molar-refractivity contribution >= 4 is 47.5 Å². The standard InChI is InChI=1S/C6H20N5PS2Si2/c1-15(2,3)9-12(10-16(4,5)6)7-14(8-12)11-13/h9-10H,1-6H3. The Morgan fingerprint density at radius 1 is 1.06 bits per heavy atom. The summed E-state index contributed by atoms with van der Waals surface area (Å²) in [6.45, 7) is 13.5. The third-order valence-electron chi connectivity index (χ3n) is 1.43. The van der Waals surface area contributed by atoms with E-state index in [0.29, 0.717) is 0 Å². The quantitative estimate of drug-likeness (QED) is 0.605. The summed E-state index contributed by atoms with van der Waals surface area (Å²) in [6.07, 6.45) is 0. The molecule has 94 valence electrons. The van der Waals surface area contributed by atoms with Crippen molar-refractivity contribution in [2.45, 2.75) is 39.3 Å². The Morgan fingerprint density at radius 3 is 1.69 bits per heavy atom. The van der Waals surface area contributed by atoms with Gasteiger partial charge in [-0.15, -0.1) is 3.77 Å². The van der Waals surface area contributed by atoms with E-state index >= 15 is 0 Å². The Balaban J connectivity index is 2.87. The fourth-order valence-electron chi connectivity index (χ4n) is 1.29. The first-order valence-electron chi connectivity index (χ1n) is 5.08. The van der Waals surface area contributed by atoms with Gasteiger partial charge in [-0.05, 0) is 0 Å². The van der Waals surface area contributed by atoms with E-state index in [1.54, 1.807) is 0 Å². The van der Waals surface area contributed by atoms with E-state index in [-0.39, 0.29) is 0 Å². The number of hydrogen-bond donors (Lipinski definition) is 2. The molecule has 5 nitrogen and oxygen atoms in total. The predicted octanol–water partition coefficient (Wildman–Crippen LogP) is 3.16. The monoisotopic (exact) mass is 313 g/mol. The number of hydrogen-bond acceptors (Lipinski definition) is 6. The summed E-state index contributed by atoms with van der Waals surface area (Å²) < 4.78 is 20.1. The molecule has 0 bridgehead atoms. The number of nitrogens with one attached hydrogen (secondary N) is 2. The zero-order valence-electron chi connectivity index (χ0n) is 10.6. The first kappa shape index (κ1) is 14.8. The molecule has 0 aliphatic carbocycles. The summed E-state index contributed by atoms with van der Waals surface area (Å²) >= 11 is 4.06. The normalized spacial score (nSPS) is 24.0. The molecule has 0 spiro atoms. The Hall–Kier alpha value is 0.754. The van der Waals surface area contributed by atoms with Gasteiger partial charge in [-0.3, -0.25) is 9.51 Å². The number of nitrogens with zero attached hydrogens (tertiary/aromatic N) is 3. The van der Waals surface area contributed by atoms with E-state index < -0.39 is 35.0 Å². The molecule has 0 aromatic heterocycles. The lowest BCUT2D eigenvalue weighted by Crippen LogP contribution is -2.48. The van der Waals surface area contributed by atoms with Crippen molar-refractivity contribution in [3.8, 4) is 0 Å². The second-order valence-corrected chi connectivity index (χ2v) is 20.2. The van der Waals surface area contributed by atoms with Crippen LogP contribution in [-0.4, -0.2) is 16.5 Å². The summed E-state index contributed by atoms with van der Waals surface area (Å²) in [5.74, 6) is 0. The van der Waals surface area contributed by atoms with E-state index in [4.69, 9.17) is 0 Å². The van der Waals surface area contributed by atoms with Crippen LogP contribution in [0.1, 0.15) is 0 Å². The van der Waals surface area contributed by atoms with Gasteiger partial charge in [0.05, 0.1) is 12.4 Å². The average Bonchev–Trinajstić information content (AvgIpc) is 1.92. The maximum absolute atomic E-state index is 4.65. The first-order valence-corrected chi connectivity index (χ1v) is 15.2. The summed E-state index contributed by atoms with van der Waals surface area (Å²) in [4.78, 5) is 0. The van der Waals surface area contributed by atoms with Crippen molar-refractivity contribution in [2.75, 3.05) is 0 Å². The van der Waals surface area contributed by atoms with Gasteiger partial charge in [0.1, 0.15) is 16.5 Å². The van der Waals surface area contributed by atoms with E-state index in [2.05, 4.69) is 73.3 Å². The predicted molar refractivity (Wildman–Crippen MR) is 81.9 cm³/mol. The molecule has 0 saturated carbocycles. The molecule has 0 aromatic carbocycles. The average molecular weight is 314 g/mol. The van der Waals surface area contributed by atoms with Crippen molar-refractivity contribution in [3.63, 3.8) is 0 Å². The maximum atomic E-state index is 4.65. The van der Waals surface area contributed by atoms with Crippen LogP contribution in [0.2, 0.25) is 39.3 Å². The molecule has 0 amide bonds.